The molecule has 6 rings (SSSR count). The number of fused-ring (bicyclic) bond motifs is 1. The highest BCUT2D eigenvalue weighted by Crippen LogP contribution is 2.54. The van der Waals surface area contributed by atoms with Gasteiger partial charge in [0, 0.05) is 51.4 Å². The van der Waals surface area contributed by atoms with E-state index in [-0.39, 0.29) is 23.7 Å². The molecule has 3 N–H and O–H groups in total. The highest BCUT2D eigenvalue weighted by molar-refractivity contribution is 7.89. The van der Waals surface area contributed by atoms with E-state index >= 15 is 0 Å². The van der Waals surface area contributed by atoms with Gasteiger partial charge in [-0.25, -0.2) is 22.5 Å². The lowest BCUT2D eigenvalue weighted by molar-refractivity contribution is 0.102. The van der Waals surface area contributed by atoms with Gasteiger partial charge in [-0.1, -0.05) is 0 Å². The fourth-order valence-electron chi connectivity index (χ4n) is 6.09. The van der Waals surface area contributed by atoms with E-state index in [1.54, 1.807) is 18.2 Å². The molecular formula is C29H37FN6O4S. The number of pyridine rings is 1. The summed E-state index contributed by atoms with van der Waals surface area (Å²) < 4.78 is 44.0. The molecule has 3 fully saturated rings. The van der Waals surface area contributed by atoms with Gasteiger partial charge in [-0.3, -0.25) is 4.79 Å². The zero-order valence-electron chi connectivity index (χ0n) is 23.3. The van der Waals surface area contributed by atoms with Gasteiger partial charge in [-0.05, 0) is 74.3 Å². The van der Waals surface area contributed by atoms with Gasteiger partial charge >= 0.3 is 0 Å². The minimum Gasteiger partial charge on any atom is -0.395 e. The molecule has 1 saturated carbocycles. The molecule has 2 aromatic heterocycles. The molecule has 1 spiro atoms. The fraction of sp³-hybridized carbons (Fsp3) is 0.517. The highest BCUT2D eigenvalue weighted by Gasteiger charge is 2.44. The number of nitrogens with one attached hydrogen (secondary N) is 2. The monoisotopic (exact) mass is 584 g/mol. The summed E-state index contributed by atoms with van der Waals surface area (Å²) in [6, 6.07) is 8.37. The van der Waals surface area contributed by atoms with E-state index in [1.165, 1.54) is 18.9 Å². The number of alkyl halides is 1. The zero-order valence-corrected chi connectivity index (χ0v) is 24.1. The second-order valence-corrected chi connectivity index (χ2v) is 13.4. The van der Waals surface area contributed by atoms with Crippen molar-refractivity contribution in [2.75, 3.05) is 54.4 Å². The lowest BCUT2D eigenvalue weighted by atomic mass is 9.93. The van der Waals surface area contributed by atoms with Crippen molar-refractivity contribution in [2.24, 2.45) is 12.5 Å². The number of hydrogen-bond donors (Lipinski definition) is 3. The first kappa shape index (κ1) is 27.9. The van der Waals surface area contributed by atoms with Crippen molar-refractivity contribution in [3.05, 3.63) is 42.2 Å². The van der Waals surface area contributed by atoms with Crippen LogP contribution in [-0.4, -0.2) is 74.5 Å². The van der Waals surface area contributed by atoms with Crippen molar-refractivity contribution in [2.45, 2.75) is 49.6 Å². The van der Waals surface area contributed by atoms with E-state index in [2.05, 4.69) is 14.9 Å². The van der Waals surface area contributed by atoms with Crippen LogP contribution in [0.25, 0.3) is 10.9 Å². The van der Waals surface area contributed by atoms with Gasteiger partial charge in [0.2, 0.25) is 10.0 Å². The van der Waals surface area contributed by atoms with Crippen LogP contribution in [0.1, 0.15) is 49.0 Å². The number of nitrogens with zero attached hydrogens (tertiary/aromatic N) is 4. The van der Waals surface area contributed by atoms with Gasteiger partial charge < -0.3 is 24.8 Å². The second kappa shape index (κ2) is 10.9. The number of amides is 1. The number of aromatic nitrogens is 2. The summed E-state index contributed by atoms with van der Waals surface area (Å²) in [7, 11) is -1.90. The highest BCUT2D eigenvalue weighted by atomic mass is 32.2. The van der Waals surface area contributed by atoms with Crippen LogP contribution in [0, 0.1) is 5.41 Å². The maximum Gasteiger partial charge on any atom is 0.274 e. The summed E-state index contributed by atoms with van der Waals surface area (Å²) in [6.07, 6.45) is 6.49. The Bertz CT molecular complexity index is 1550. The number of piperidine rings is 2. The Morgan fingerprint density at radius 1 is 1.07 bits per heavy atom. The summed E-state index contributed by atoms with van der Waals surface area (Å²) in [4.78, 5) is 22.7. The molecule has 41 heavy (non-hydrogen) atoms. The van der Waals surface area contributed by atoms with Crippen molar-refractivity contribution in [1.82, 2.24) is 14.3 Å². The van der Waals surface area contributed by atoms with Crippen molar-refractivity contribution in [3.8, 4) is 0 Å². The predicted molar refractivity (Wildman–Crippen MR) is 157 cm³/mol. The quantitative estimate of drug-likeness (QED) is 0.371. The number of aliphatic hydroxyl groups is 1. The number of hydrogen-bond acceptors (Lipinski definition) is 7. The van der Waals surface area contributed by atoms with E-state index in [1.807, 2.05) is 28.8 Å². The minimum absolute atomic E-state index is 0.0769. The molecule has 10 nitrogen and oxygen atoms in total. The average molecular weight is 585 g/mol. The van der Waals surface area contributed by atoms with Gasteiger partial charge in [0.05, 0.1) is 28.4 Å². The lowest BCUT2D eigenvalue weighted by Crippen LogP contribution is -2.36. The Kier molecular flexibility index (Phi) is 7.41. The van der Waals surface area contributed by atoms with Crippen LogP contribution >= 0.6 is 0 Å². The number of aryl methyl sites for hydroxylation is 1. The predicted octanol–water partition coefficient (Wildman–Crippen LogP) is 3.41. The van der Waals surface area contributed by atoms with Crippen LogP contribution < -0.4 is 19.8 Å². The zero-order chi connectivity index (χ0) is 28.8. The summed E-state index contributed by atoms with van der Waals surface area (Å²) >= 11 is 0. The number of aliphatic hydroxyl groups excluding tert-OH is 1. The number of rotatable bonds is 8. The maximum atomic E-state index is 13.9. The van der Waals surface area contributed by atoms with Crippen molar-refractivity contribution in [1.29, 1.82) is 0 Å². The van der Waals surface area contributed by atoms with Crippen LogP contribution in [-0.2, 0) is 17.1 Å². The summed E-state index contributed by atoms with van der Waals surface area (Å²) in [5, 5.41) is 13.0. The van der Waals surface area contributed by atoms with Crippen molar-refractivity contribution in [3.63, 3.8) is 0 Å². The normalized spacial score (nSPS) is 19.2. The number of sulfonamides is 1. The number of anilines is 3. The molecule has 1 aromatic carbocycles. The number of halogens is 1. The molecule has 12 heteroatoms. The Morgan fingerprint density at radius 2 is 1.80 bits per heavy atom. The van der Waals surface area contributed by atoms with Gasteiger partial charge in [0.15, 0.2) is 5.82 Å². The first-order valence-electron chi connectivity index (χ1n) is 14.3. The molecule has 1 amide bonds. The Labute approximate surface area is 239 Å². The van der Waals surface area contributed by atoms with E-state index in [9.17, 15) is 17.6 Å². The molecule has 2 saturated heterocycles. The lowest BCUT2D eigenvalue weighted by Gasteiger charge is -2.35. The van der Waals surface area contributed by atoms with Gasteiger partial charge in [-0.15, -0.1) is 0 Å². The van der Waals surface area contributed by atoms with Crippen LogP contribution in [0.15, 0.2) is 41.4 Å². The van der Waals surface area contributed by atoms with Gasteiger partial charge in [-0.2, -0.15) is 0 Å². The summed E-state index contributed by atoms with van der Waals surface area (Å²) in [6.45, 7) is 2.22. The molecule has 3 aromatic rings. The molecular weight excluding hydrogens is 547 g/mol. The van der Waals surface area contributed by atoms with Crippen LogP contribution in [0.3, 0.4) is 0 Å². The van der Waals surface area contributed by atoms with E-state index in [0.29, 0.717) is 48.5 Å². The molecule has 0 atom stereocenters. The SMILES string of the molecule is Cn1ccc2cc(C(=O)Nc3ccc(S(=O)(=O)NCCO)cc3N3CCC4(CC3)CC4)nc(N3CCC(F)CC3)c21. The Morgan fingerprint density at radius 3 is 2.49 bits per heavy atom. The molecule has 4 heterocycles. The fourth-order valence-corrected chi connectivity index (χ4v) is 7.13. The number of benzene rings is 1. The summed E-state index contributed by atoms with van der Waals surface area (Å²) in [5.74, 6) is 0.262. The molecule has 0 radical (unpaired) electrons. The third-order valence-corrected chi connectivity index (χ3v) is 10.3. The average Bonchev–Trinajstić information content (AvgIpc) is 3.62. The standard InChI is InChI=1S/C29H37FN6O4S/c1-34-12-4-20-18-24(32-27(26(20)34)36-13-5-21(30)6-14-36)28(38)33-23-3-2-22(41(39,40)31-11-17-37)19-25(23)35-15-9-29(7-8-29)10-16-35/h2-4,12,18-19,21,31,37H,5-11,13-17H2,1H3,(H,33,38). The second-order valence-electron chi connectivity index (χ2n) is 11.6. The Hall–Kier alpha value is -3.22. The number of carbonyl (C=O) groups excluding carboxylic acids is 1. The van der Waals surface area contributed by atoms with E-state index in [0.717, 1.165) is 36.8 Å². The maximum absolute atomic E-state index is 13.9. The minimum atomic E-state index is -3.83. The Balaban J connectivity index is 1.32. The van der Waals surface area contributed by atoms with Crippen molar-refractivity contribution >= 4 is 44.0 Å². The smallest absolute Gasteiger partial charge is 0.274 e. The third kappa shape index (κ3) is 5.64. The third-order valence-electron chi connectivity index (χ3n) is 8.84. The first-order valence-corrected chi connectivity index (χ1v) is 15.8. The van der Waals surface area contributed by atoms with Gasteiger partial charge in [0.1, 0.15) is 11.9 Å². The van der Waals surface area contributed by atoms with Crippen molar-refractivity contribution < 1.29 is 22.7 Å². The largest absolute Gasteiger partial charge is 0.395 e. The molecule has 2 aliphatic heterocycles. The number of carbonyl (C=O) groups is 1. The van der Waals surface area contributed by atoms with Crippen LogP contribution in [0.2, 0.25) is 0 Å². The molecule has 0 bridgehead atoms. The molecule has 1 aliphatic carbocycles. The van der Waals surface area contributed by atoms with Gasteiger partial charge in [0.25, 0.3) is 5.91 Å². The molecule has 220 valence electrons. The molecule has 3 aliphatic rings. The van der Waals surface area contributed by atoms with Crippen LogP contribution in [0.5, 0.6) is 0 Å². The van der Waals surface area contributed by atoms with Crippen LogP contribution in [0.4, 0.5) is 21.6 Å². The molecule has 0 unspecified atom stereocenters. The topological polar surface area (TPSA) is 120 Å². The first-order chi connectivity index (χ1) is 19.7. The summed E-state index contributed by atoms with van der Waals surface area (Å²) in [5.41, 5.74) is 2.72. The van der Waals surface area contributed by atoms with E-state index in [4.69, 9.17) is 10.1 Å². The van der Waals surface area contributed by atoms with E-state index < -0.39 is 22.1 Å².